The molecule has 1 aliphatic heterocycles. The van der Waals surface area contributed by atoms with E-state index in [1.807, 2.05) is 18.0 Å². The average molecular weight is 390 g/mol. The monoisotopic (exact) mass is 389 g/mol. The molecule has 2 heterocycles. The van der Waals surface area contributed by atoms with Crippen LogP contribution in [0.2, 0.25) is 0 Å². The Kier molecular flexibility index (Phi) is 7.68. The van der Waals surface area contributed by atoms with E-state index in [2.05, 4.69) is 52.8 Å². The van der Waals surface area contributed by atoms with Crippen LogP contribution in [-0.2, 0) is 6.54 Å². The third kappa shape index (κ3) is 6.03. The van der Waals surface area contributed by atoms with E-state index in [1.165, 1.54) is 32.1 Å². The lowest BCUT2D eigenvalue weighted by Gasteiger charge is -2.31. The van der Waals surface area contributed by atoms with Crippen LogP contribution in [0.3, 0.4) is 0 Å². The van der Waals surface area contributed by atoms with Crippen molar-refractivity contribution < 1.29 is 0 Å². The van der Waals surface area contributed by atoms with Gasteiger partial charge in [-0.25, -0.2) is 9.98 Å². The number of aliphatic imine (C=N–C) groups is 1. The van der Waals surface area contributed by atoms with E-state index in [0.29, 0.717) is 12.6 Å². The van der Waals surface area contributed by atoms with Crippen molar-refractivity contribution in [3.63, 3.8) is 0 Å². The molecule has 6 heteroatoms. The van der Waals surface area contributed by atoms with Crippen molar-refractivity contribution in [2.45, 2.75) is 63.8 Å². The van der Waals surface area contributed by atoms with Crippen molar-refractivity contribution in [3.05, 3.63) is 23.9 Å². The maximum atomic E-state index is 4.78. The summed E-state index contributed by atoms with van der Waals surface area (Å²) in [5.74, 6) is 2.88. The molecule has 3 rings (SSSR count). The van der Waals surface area contributed by atoms with Crippen molar-refractivity contribution in [3.8, 4) is 0 Å². The molecule has 2 fully saturated rings. The zero-order valence-corrected chi connectivity index (χ0v) is 17.9. The minimum Gasteiger partial charge on any atom is -0.357 e. The van der Waals surface area contributed by atoms with Crippen LogP contribution in [0, 0.1) is 5.92 Å². The summed E-state index contributed by atoms with van der Waals surface area (Å²) in [6.07, 6.45) is 10.5. The Morgan fingerprint density at radius 1 is 1.26 bits per heavy atom. The van der Waals surface area contributed by atoms with Gasteiger partial charge in [0.05, 0.1) is 6.54 Å². The van der Waals surface area contributed by atoms with Crippen molar-refractivity contribution in [1.82, 2.24) is 15.6 Å². The number of aromatic nitrogens is 1. The van der Waals surface area contributed by atoms with Gasteiger partial charge < -0.3 is 15.5 Å². The molecule has 1 aromatic heterocycles. The lowest BCUT2D eigenvalue weighted by molar-refractivity contribution is 0.436. The quantitative estimate of drug-likeness (QED) is 0.574. The Hall–Kier alpha value is -1.43. The molecule has 1 aliphatic carbocycles. The summed E-state index contributed by atoms with van der Waals surface area (Å²) in [5.41, 5.74) is 1.16. The molecular weight excluding hydrogens is 354 g/mol. The van der Waals surface area contributed by atoms with E-state index >= 15 is 0 Å². The normalized spacial score (nSPS) is 24.3. The van der Waals surface area contributed by atoms with Crippen LogP contribution in [0.5, 0.6) is 0 Å². The molecule has 2 atom stereocenters. The molecule has 1 saturated carbocycles. The van der Waals surface area contributed by atoms with Gasteiger partial charge in [0.25, 0.3) is 0 Å². The average Bonchev–Trinajstić information content (AvgIpc) is 3.15. The first kappa shape index (κ1) is 20.3. The number of pyridine rings is 1. The fourth-order valence-corrected chi connectivity index (χ4v) is 4.70. The van der Waals surface area contributed by atoms with Gasteiger partial charge in [-0.2, -0.15) is 11.8 Å². The summed E-state index contributed by atoms with van der Waals surface area (Å²) in [4.78, 5) is 11.9. The topological polar surface area (TPSA) is 52.6 Å². The second-order valence-corrected chi connectivity index (χ2v) is 9.04. The minimum absolute atomic E-state index is 0.544. The van der Waals surface area contributed by atoms with E-state index in [9.17, 15) is 0 Å². The van der Waals surface area contributed by atoms with Crippen LogP contribution in [0.15, 0.2) is 23.3 Å². The third-order valence-corrected chi connectivity index (χ3v) is 6.83. The zero-order valence-electron chi connectivity index (χ0n) is 17.1. The van der Waals surface area contributed by atoms with Crippen molar-refractivity contribution >= 4 is 23.5 Å². The van der Waals surface area contributed by atoms with Crippen LogP contribution < -0.4 is 15.5 Å². The molecule has 0 bridgehead atoms. The molecule has 1 aromatic rings. The van der Waals surface area contributed by atoms with Gasteiger partial charge in [0.15, 0.2) is 5.96 Å². The standard InChI is InChI=1S/C21H35N5S/c1-4-22-21(25-18-6-7-19(13-18)27-3)24-15-17-5-8-20(23-14-17)26-11-9-16(2)10-12-26/h5,8,14,16,18-19H,4,6-7,9-13,15H2,1-3H3,(H2,22,24,25). The van der Waals surface area contributed by atoms with E-state index in [0.717, 1.165) is 48.1 Å². The van der Waals surface area contributed by atoms with E-state index in [4.69, 9.17) is 4.99 Å². The van der Waals surface area contributed by atoms with Crippen LogP contribution in [-0.4, -0.2) is 48.1 Å². The first-order chi connectivity index (χ1) is 13.2. The summed E-state index contributed by atoms with van der Waals surface area (Å²) in [5, 5.41) is 7.79. The van der Waals surface area contributed by atoms with Crippen molar-refractivity contribution in [2.24, 2.45) is 10.9 Å². The molecule has 150 valence electrons. The number of hydrogen-bond acceptors (Lipinski definition) is 4. The molecule has 27 heavy (non-hydrogen) atoms. The van der Waals surface area contributed by atoms with Crippen LogP contribution in [0.1, 0.15) is 51.5 Å². The molecular formula is C21H35N5S. The summed E-state index contributed by atoms with van der Waals surface area (Å²) < 4.78 is 0. The molecule has 2 unspecified atom stereocenters. The third-order valence-electron chi connectivity index (χ3n) is 5.74. The molecule has 1 saturated heterocycles. The maximum absolute atomic E-state index is 4.78. The number of piperidine rings is 1. The largest absolute Gasteiger partial charge is 0.357 e. The second kappa shape index (κ2) is 10.2. The molecule has 0 spiro atoms. The van der Waals surface area contributed by atoms with Crippen LogP contribution in [0.4, 0.5) is 5.82 Å². The fraction of sp³-hybridized carbons (Fsp3) is 0.714. The smallest absolute Gasteiger partial charge is 0.191 e. The zero-order chi connectivity index (χ0) is 19.1. The molecule has 2 aliphatic rings. The van der Waals surface area contributed by atoms with Gasteiger partial charge >= 0.3 is 0 Å². The Labute approximate surface area is 168 Å². The highest BCUT2D eigenvalue weighted by Crippen LogP contribution is 2.28. The van der Waals surface area contributed by atoms with Gasteiger partial charge in [0.2, 0.25) is 0 Å². The number of anilines is 1. The van der Waals surface area contributed by atoms with Crippen molar-refractivity contribution in [2.75, 3.05) is 30.8 Å². The highest BCUT2D eigenvalue weighted by molar-refractivity contribution is 7.99. The number of nitrogens with zero attached hydrogens (tertiary/aromatic N) is 3. The summed E-state index contributed by atoms with van der Waals surface area (Å²) >= 11 is 1.99. The van der Waals surface area contributed by atoms with Gasteiger partial charge in [0, 0.05) is 37.1 Å². The van der Waals surface area contributed by atoms with E-state index in [-0.39, 0.29) is 0 Å². The predicted octanol–water partition coefficient (Wildman–Crippen LogP) is 3.66. The van der Waals surface area contributed by atoms with Gasteiger partial charge in [-0.15, -0.1) is 0 Å². The number of hydrogen-bond donors (Lipinski definition) is 2. The predicted molar refractivity (Wildman–Crippen MR) is 118 cm³/mol. The molecule has 0 radical (unpaired) electrons. The fourth-order valence-electron chi connectivity index (χ4n) is 3.90. The number of thioether (sulfide) groups is 1. The minimum atomic E-state index is 0.544. The summed E-state index contributed by atoms with van der Waals surface area (Å²) in [7, 11) is 0. The highest BCUT2D eigenvalue weighted by atomic mass is 32.2. The number of guanidine groups is 1. The maximum Gasteiger partial charge on any atom is 0.191 e. The van der Waals surface area contributed by atoms with Crippen LogP contribution in [0.25, 0.3) is 0 Å². The Morgan fingerprint density at radius 3 is 2.70 bits per heavy atom. The number of rotatable bonds is 6. The number of nitrogens with one attached hydrogen (secondary N) is 2. The first-order valence-corrected chi connectivity index (χ1v) is 11.7. The molecule has 0 aromatic carbocycles. The van der Waals surface area contributed by atoms with Gasteiger partial charge in [-0.05, 0) is 62.8 Å². The Morgan fingerprint density at radius 2 is 2.07 bits per heavy atom. The molecule has 5 nitrogen and oxygen atoms in total. The molecule has 2 N–H and O–H groups in total. The SMILES string of the molecule is CCNC(=NCc1ccc(N2CCC(C)CC2)nc1)NC1CCC(SC)C1. The summed E-state index contributed by atoms with van der Waals surface area (Å²) in [6.45, 7) is 8.26. The summed E-state index contributed by atoms with van der Waals surface area (Å²) in [6, 6.07) is 4.87. The Balaban J connectivity index is 1.54. The second-order valence-electron chi connectivity index (χ2n) is 7.90. The highest BCUT2D eigenvalue weighted by Gasteiger charge is 2.24. The van der Waals surface area contributed by atoms with Crippen LogP contribution >= 0.6 is 11.8 Å². The van der Waals surface area contributed by atoms with Gasteiger partial charge in [-0.3, -0.25) is 0 Å². The van der Waals surface area contributed by atoms with E-state index < -0.39 is 0 Å². The molecule has 0 amide bonds. The van der Waals surface area contributed by atoms with Crippen molar-refractivity contribution in [1.29, 1.82) is 0 Å². The lowest BCUT2D eigenvalue weighted by Crippen LogP contribution is -2.42. The Bertz CT molecular complexity index is 595. The van der Waals surface area contributed by atoms with E-state index in [1.54, 1.807) is 0 Å². The lowest BCUT2D eigenvalue weighted by atomic mass is 9.99. The first-order valence-electron chi connectivity index (χ1n) is 10.5. The van der Waals surface area contributed by atoms with Gasteiger partial charge in [-0.1, -0.05) is 13.0 Å². The van der Waals surface area contributed by atoms with Gasteiger partial charge in [0.1, 0.15) is 5.82 Å².